The van der Waals surface area contributed by atoms with Crippen molar-refractivity contribution in [3.05, 3.63) is 57.8 Å². The van der Waals surface area contributed by atoms with Gasteiger partial charge in [-0.1, -0.05) is 13.8 Å². The van der Waals surface area contributed by atoms with Gasteiger partial charge in [0.1, 0.15) is 6.61 Å². The van der Waals surface area contributed by atoms with Crippen LogP contribution in [0.1, 0.15) is 25.0 Å². The molecule has 22 heavy (non-hydrogen) atoms. The fourth-order valence-corrected chi connectivity index (χ4v) is 1.71. The van der Waals surface area contributed by atoms with Crippen molar-refractivity contribution in [2.24, 2.45) is 0 Å². The smallest absolute Gasteiger partial charge is 0.270 e. The SMILES string of the molecule is CC.Nc1ncccc1OCc1cc(CO)cc([N+](=O)[O-])c1. The van der Waals surface area contributed by atoms with E-state index in [0.29, 0.717) is 16.9 Å². The Balaban J connectivity index is 0.00000116. The minimum atomic E-state index is -0.513. The predicted molar refractivity (Wildman–Crippen MR) is 83.3 cm³/mol. The number of hydrogen-bond donors (Lipinski definition) is 2. The van der Waals surface area contributed by atoms with Crippen molar-refractivity contribution in [3.63, 3.8) is 0 Å². The van der Waals surface area contributed by atoms with E-state index in [1.807, 2.05) is 13.8 Å². The summed E-state index contributed by atoms with van der Waals surface area (Å²) in [7, 11) is 0. The Morgan fingerprint density at radius 1 is 1.32 bits per heavy atom. The van der Waals surface area contributed by atoms with Gasteiger partial charge in [0.2, 0.25) is 0 Å². The first-order valence-corrected chi connectivity index (χ1v) is 6.81. The molecular formula is C15H19N3O4. The number of aliphatic hydroxyl groups is 1. The number of benzene rings is 1. The van der Waals surface area contributed by atoms with E-state index in [2.05, 4.69) is 4.98 Å². The number of nitro groups is 1. The van der Waals surface area contributed by atoms with E-state index >= 15 is 0 Å². The highest BCUT2D eigenvalue weighted by atomic mass is 16.6. The zero-order chi connectivity index (χ0) is 16.5. The number of ether oxygens (including phenoxy) is 1. The van der Waals surface area contributed by atoms with E-state index in [4.69, 9.17) is 15.6 Å². The second-order valence-electron chi connectivity index (χ2n) is 4.10. The lowest BCUT2D eigenvalue weighted by molar-refractivity contribution is -0.385. The van der Waals surface area contributed by atoms with Crippen LogP contribution in [0.25, 0.3) is 0 Å². The highest BCUT2D eigenvalue weighted by molar-refractivity contribution is 5.45. The average molecular weight is 305 g/mol. The molecule has 0 atom stereocenters. The number of non-ortho nitro benzene ring substituents is 1. The van der Waals surface area contributed by atoms with Crippen molar-refractivity contribution in [2.45, 2.75) is 27.1 Å². The summed E-state index contributed by atoms with van der Waals surface area (Å²) >= 11 is 0. The molecule has 0 aliphatic rings. The number of anilines is 1. The van der Waals surface area contributed by atoms with Crippen molar-refractivity contribution in [3.8, 4) is 5.75 Å². The first-order valence-electron chi connectivity index (χ1n) is 6.81. The van der Waals surface area contributed by atoms with Crippen LogP contribution in [-0.4, -0.2) is 15.0 Å². The van der Waals surface area contributed by atoms with Gasteiger partial charge in [-0.3, -0.25) is 10.1 Å². The third kappa shape index (κ3) is 4.71. The Bertz CT molecular complexity index is 632. The first-order chi connectivity index (χ1) is 10.6. The van der Waals surface area contributed by atoms with E-state index in [9.17, 15) is 10.1 Å². The summed E-state index contributed by atoms with van der Waals surface area (Å²) in [5, 5.41) is 19.9. The molecule has 2 aromatic rings. The van der Waals surface area contributed by atoms with E-state index in [1.54, 1.807) is 24.4 Å². The van der Waals surface area contributed by atoms with Gasteiger partial charge >= 0.3 is 0 Å². The van der Waals surface area contributed by atoms with Crippen molar-refractivity contribution in [1.29, 1.82) is 0 Å². The number of pyridine rings is 1. The van der Waals surface area contributed by atoms with Crippen LogP contribution in [-0.2, 0) is 13.2 Å². The summed E-state index contributed by atoms with van der Waals surface area (Å²) in [6.45, 7) is 3.83. The average Bonchev–Trinajstić information content (AvgIpc) is 2.55. The molecule has 0 amide bonds. The maximum Gasteiger partial charge on any atom is 0.270 e. The second kappa shape index (κ2) is 8.58. The molecule has 7 nitrogen and oxygen atoms in total. The van der Waals surface area contributed by atoms with Crippen LogP contribution in [0.3, 0.4) is 0 Å². The van der Waals surface area contributed by atoms with Crippen LogP contribution in [0.4, 0.5) is 11.5 Å². The monoisotopic (exact) mass is 305 g/mol. The predicted octanol–water partition coefficient (Wildman–Crippen LogP) is 2.67. The van der Waals surface area contributed by atoms with Gasteiger partial charge in [0.05, 0.1) is 11.5 Å². The van der Waals surface area contributed by atoms with Gasteiger partial charge in [-0.2, -0.15) is 0 Å². The lowest BCUT2D eigenvalue weighted by Gasteiger charge is -2.08. The van der Waals surface area contributed by atoms with Gasteiger partial charge in [-0.25, -0.2) is 4.98 Å². The standard InChI is InChI=1S/C13H13N3O4.C2H6/c14-13-12(2-1-3-15-13)20-8-10-4-9(7-17)5-11(6-10)16(18)19;1-2/h1-6,17H,7-8H2,(H2,14,15);1-2H3. The largest absolute Gasteiger partial charge is 0.485 e. The molecule has 0 aliphatic carbocycles. The summed E-state index contributed by atoms with van der Waals surface area (Å²) in [4.78, 5) is 14.2. The number of nitrogen functional groups attached to an aromatic ring is 1. The van der Waals surface area contributed by atoms with Gasteiger partial charge in [-0.15, -0.1) is 0 Å². The van der Waals surface area contributed by atoms with Crippen LogP contribution in [0.15, 0.2) is 36.5 Å². The third-order valence-electron chi connectivity index (χ3n) is 2.62. The minimum absolute atomic E-state index is 0.0886. The van der Waals surface area contributed by atoms with Crippen molar-refractivity contribution in [2.75, 3.05) is 5.73 Å². The highest BCUT2D eigenvalue weighted by Gasteiger charge is 2.10. The van der Waals surface area contributed by atoms with Crippen LogP contribution in [0.2, 0.25) is 0 Å². The summed E-state index contributed by atoms with van der Waals surface area (Å²) in [5.74, 6) is 0.657. The molecule has 118 valence electrons. The molecule has 0 bridgehead atoms. The highest BCUT2D eigenvalue weighted by Crippen LogP contribution is 2.21. The molecule has 2 rings (SSSR count). The van der Waals surface area contributed by atoms with Crippen molar-refractivity contribution >= 4 is 11.5 Å². The topological polar surface area (TPSA) is 112 Å². The van der Waals surface area contributed by atoms with Crippen LogP contribution in [0.5, 0.6) is 5.75 Å². The Labute approximate surface area is 128 Å². The number of nitro benzene ring substituents is 1. The van der Waals surface area contributed by atoms with E-state index in [-0.39, 0.29) is 24.7 Å². The molecule has 0 fully saturated rings. The summed E-state index contributed by atoms with van der Waals surface area (Å²) in [6, 6.07) is 7.69. The lowest BCUT2D eigenvalue weighted by Crippen LogP contribution is -2.02. The molecule has 0 radical (unpaired) electrons. The van der Waals surface area contributed by atoms with Gasteiger partial charge in [-0.05, 0) is 29.3 Å². The van der Waals surface area contributed by atoms with Crippen molar-refractivity contribution in [1.82, 2.24) is 4.98 Å². The van der Waals surface area contributed by atoms with Crippen LogP contribution in [0, 0.1) is 10.1 Å². The molecule has 0 spiro atoms. The normalized spacial score (nSPS) is 9.59. The van der Waals surface area contributed by atoms with E-state index in [0.717, 1.165) is 0 Å². The van der Waals surface area contributed by atoms with Gasteiger partial charge in [0, 0.05) is 18.3 Å². The van der Waals surface area contributed by atoms with Gasteiger partial charge < -0.3 is 15.6 Å². The number of hydrogen-bond acceptors (Lipinski definition) is 6. The molecule has 0 saturated heterocycles. The third-order valence-corrected chi connectivity index (χ3v) is 2.62. The molecular weight excluding hydrogens is 286 g/mol. The van der Waals surface area contributed by atoms with Gasteiger partial charge in [0.15, 0.2) is 11.6 Å². The molecule has 1 aromatic heterocycles. The van der Waals surface area contributed by atoms with E-state index in [1.165, 1.54) is 12.1 Å². The Kier molecular flexibility index (Phi) is 6.78. The van der Waals surface area contributed by atoms with E-state index < -0.39 is 4.92 Å². The van der Waals surface area contributed by atoms with Crippen LogP contribution < -0.4 is 10.5 Å². The molecule has 0 unspecified atom stereocenters. The zero-order valence-electron chi connectivity index (χ0n) is 12.5. The molecule has 3 N–H and O–H groups in total. The summed E-state index contributed by atoms with van der Waals surface area (Å²) in [5.41, 5.74) is 6.58. The quantitative estimate of drug-likeness (QED) is 0.649. The summed E-state index contributed by atoms with van der Waals surface area (Å²) in [6.07, 6.45) is 1.54. The lowest BCUT2D eigenvalue weighted by atomic mass is 10.1. The summed E-state index contributed by atoms with van der Waals surface area (Å²) < 4.78 is 5.47. The number of aromatic nitrogens is 1. The number of aliphatic hydroxyl groups excluding tert-OH is 1. The molecule has 1 heterocycles. The number of rotatable bonds is 5. The minimum Gasteiger partial charge on any atom is -0.485 e. The Morgan fingerprint density at radius 3 is 2.59 bits per heavy atom. The first kappa shape index (κ1) is 17.4. The Morgan fingerprint density at radius 2 is 2.00 bits per heavy atom. The second-order valence-corrected chi connectivity index (χ2v) is 4.10. The van der Waals surface area contributed by atoms with Crippen molar-refractivity contribution < 1.29 is 14.8 Å². The maximum atomic E-state index is 10.8. The number of nitrogens with zero attached hydrogens (tertiary/aromatic N) is 2. The molecule has 0 aliphatic heterocycles. The zero-order valence-corrected chi connectivity index (χ0v) is 12.5. The maximum absolute atomic E-state index is 10.8. The molecule has 7 heteroatoms. The number of nitrogens with two attached hydrogens (primary N) is 1. The fraction of sp³-hybridized carbons (Fsp3) is 0.267. The van der Waals surface area contributed by atoms with Gasteiger partial charge in [0.25, 0.3) is 5.69 Å². The molecule has 0 saturated carbocycles. The molecule has 1 aromatic carbocycles. The van der Waals surface area contributed by atoms with Crippen LogP contribution >= 0.6 is 0 Å². The fourth-order valence-electron chi connectivity index (χ4n) is 1.71. The Hall–Kier alpha value is -2.67.